The zero-order valence-electron chi connectivity index (χ0n) is 15.2. The number of carbonyl (C=O) groups is 2. The standard InChI is InChI=1S/C18H26N4O4/c1-25-17(23)14-26-16-4-8-21(9-5-16)18(24)22-12-10-20(11-13-22)15-2-6-19-7-3-15/h2-3,6-7,16H,4-5,8-14H2,1H3. The highest BCUT2D eigenvalue weighted by Gasteiger charge is 2.29. The van der Waals surface area contributed by atoms with Gasteiger partial charge in [0.05, 0.1) is 13.2 Å². The summed E-state index contributed by atoms with van der Waals surface area (Å²) in [6.45, 7) is 4.40. The summed E-state index contributed by atoms with van der Waals surface area (Å²) < 4.78 is 10.1. The number of rotatable bonds is 4. The summed E-state index contributed by atoms with van der Waals surface area (Å²) in [6.07, 6.45) is 5.10. The summed E-state index contributed by atoms with van der Waals surface area (Å²) in [7, 11) is 1.35. The van der Waals surface area contributed by atoms with Gasteiger partial charge >= 0.3 is 12.0 Å². The van der Waals surface area contributed by atoms with Crippen LogP contribution in [-0.4, -0.2) is 85.9 Å². The van der Waals surface area contributed by atoms with Crippen molar-refractivity contribution in [1.82, 2.24) is 14.8 Å². The lowest BCUT2D eigenvalue weighted by molar-refractivity contribution is -0.148. The molecule has 0 aliphatic carbocycles. The van der Waals surface area contributed by atoms with Gasteiger partial charge in [0, 0.05) is 57.3 Å². The quantitative estimate of drug-likeness (QED) is 0.743. The molecule has 8 nitrogen and oxygen atoms in total. The van der Waals surface area contributed by atoms with Gasteiger partial charge in [-0.2, -0.15) is 0 Å². The van der Waals surface area contributed by atoms with E-state index in [-0.39, 0.29) is 24.7 Å². The van der Waals surface area contributed by atoms with E-state index in [1.807, 2.05) is 21.9 Å². The van der Waals surface area contributed by atoms with E-state index in [4.69, 9.17) is 4.74 Å². The zero-order valence-corrected chi connectivity index (χ0v) is 15.2. The Morgan fingerprint density at radius 2 is 1.65 bits per heavy atom. The smallest absolute Gasteiger partial charge is 0.331 e. The van der Waals surface area contributed by atoms with Crippen LogP contribution in [0.5, 0.6) is 0 Å². The number of piperidine rings is 1. The van der Waals surface area contributed by atoms with Crippen LogP contribution in [0.4, 0.5) is 10.5 Å². The monoisotopic (exact) mass is 362 g/mol. The largest absolute Gasteiger partial charge is 0.467 e. The number of amides is 2. The Morgan fingerprint density at radius 3 is 2.27 bits per heavy atom. The summed E-state index contributed by atoms with van der Waals surface area (Å²) in [4.78, 5) is 34.0. The van der Waals surface area contributed by atoms with E-state index in [2.05, 4.69) is 14.6 Å². The average molecular weight is 362 g/mol. The Bertz CT molecular complexity index is 596. The Labute approximate surface area is 153 Å². The van der Waals surface area contributed by atoms with Gasteiger partial charge in [-0.1, -0.05) is 0 Å². The molecule has 0 bridgehead atoms. The molecule has 2 saturated heterocycles. The second kappa shape index (κ2) is 8.84. The number of methoxy groups -OCH3 is 1. The van der Waals surface area contributed by atoms with Gasteiger partial charge in [-0.3, -0.25) is 4.98 Å². The summed E-state index contributed by atoms with van der Waals surface area (Å²) in [5.74, 6) is -0.365. The summed E-state index contributed by atoms with van der Waals surface area (Å²) in [5.41, 5.74) is 1.15. The maximum absolute atomic E-state index is 12.7. The number of likely N-dealkylation sites (tertiary alicyclic amines) is 1. The van der Waals surface area contributed by atoms with Crippen LogP contribution in [0.25, 0.3) is 0 Å². The molecule has 2 fully saturated rings. The van der Waals surface area contributed by atoms with Gasteiger partial charge in [-0.05, 0) is 25.0 Å². The van der Waals surface area contributed by atoms with Crippen LogP contribution in [0.2, 0.25) is 0 Å². The number of nitrogens with zero attached hydrogens (tertiary/aromatic N) is 4. The predicted octanol–water partition coefficient (Wildman–Crippen LogP) is 0.978. The number of carbonyl (C=O) groups excluding carboxylic acids is 2. The van der Waals surface area contributed by atoms with E-state index in [9.17, 15) is 9.59 Å². The van der Waals surface area contributed by atoms with Gasteiger partial charge in [0.15, 0.2) is 0 Å². The minimum absolute atomic E-state index is 0.0155. The summed E-state index contributed by atoms with van der Waals surface area (Å²) in [5, 5.41) is 0. The van der Waals surface area contributed by atoms with Crippen molar-refractivity contribution in [1.29, 1.82) is 0 Å². The highest BCUT2D eigenvalue weighted by Crippen LogP contribution is 2.18. The molecule has 2 aliphatic heterocycles. The van der Waals surface area contributed by atoms with Crippen molar-refractivity contribution in [2.45, 2.75) is 18.9 Å². The minimum atomic E-state index is -0.365. The Kier molecular flexibility index (Phi) is 6.27. The second-order valence-corrected chi connectivity index (χ2v) is 6.54. The molecule has 2 aliphatic rings. The highest BCUT2D eigenvalue weighted by atomic mass is 16.6. The molecule has 0 radical (unpaired) electrons. The Hall–Kier alpha value is -2.35. The number of aromatic nitrogens is 1. The zero-order chi connectivity index (χ0) is 18.4. The number of urea groups is 1. The molecule has 0 unspecified atom stereocenters. The molecule has 0 saturated carbocycles. The average Bonchev–Trinajstić information content (AvgIpc) is 2.72. The van der Waals surface area contributed by atoms with Crippen molar-refractivity contribution in [3.05, 3.63) is 24.5 Å². The molecular weight excluding hydrogens is 336 g/mol. The molecule has 142 valence electrons. The molecule has 0 N–H and O–H groups in total. The van der Waals surface area contributed by atoms with Gasteiger partial charge in [0.2, 0.25) is 0 Å². The summed E-state index contributed by atoms with van der Waals surface area (Å²) >= 11 is 0. The number of anilines is 1. The van der Waals surface area contributed by atoms with Crippen LogP contribution < -0.4 is 4.90 Å². The maximum Gasteiger partial charge on any atom is 0.331 e. The van der Waals surface area contributed by atoms with Crippen LogP contribution >= 0.6 is 0 Å². The molecule has 3 heterocycles. The van der Waals surface area contributed by atoms with Gasteiger partial charge in [-0.15, -0.1) is 0 Å². The van der Waals surface area contributed by atoms with Crippen LogP contribution in [0.15, 0.2) is 24.5 Å². The first kappa shape index (κ1) is 18.4. The maximum atomic E-state index is 12.7. The number of hydrogen-bond donors (Lipinski definition) is 0. The second-order valence-electron chi connectivity index (χ2n) is 6.54. The molecule has 0 aromatic carbocycles. The first-order chi connectivity index (χ1) is 12.7. The van der Waals surface area contributed by atoms with Crippen molar-refractivity contribution in [3.8, 4) is 0 Å². The predicted molar refractivity (Wildman–Crippen MR) is 96.0 cm³/mol. The summed E-state index contributed by atoms with van der Waals surface area (Å²) in [6, 6.07) is 4.10. The molecule has 1 aromatic heterocycles. The molecule has 1 aromatic rings. The SMILES string of the molecule is COC(=O)COC1CCN(C(=O)N2CCN(c3ccncc3)CC2)CC1. The third-order valence-corrected chi connectivity index (χ3v) is 4.96. The molecule has 0 atom stereocenters. The first-order valence-electron chi connectivity index (χ1n) is 9.04. The van der Waals surface area contributed by atoms with Crippen molar-refractivity contribution in [2.24, 2.45) is 0 Å². The topological polar surface area (TPSA) is 75.2 Å². The number of pyridine rings is 1. The van der Waals surface area contributed by atoms with Crippen molar-refractivity contribution < 1.29 is 19.1 Å². The van der Waals surface area contributed by atoms with E-state index in [0.29, 0.717) is 13.1 Å². The van der Waals surface area contributed by atoms with Gasteiger partial charge < -0.3 is 24.2 Å². The normalized spacial score (nSPS) is 18.7. The lowest BCUT2D eigenvalue weighted by atomic mass is 10.1. The van der Waals surface area contributed by atoms with E-state index < -0.39 is 0 Å². The lowest BCUT2D eigenvalue weighted by Crippen LogP contribution is -2.54. The van der Waals surface area contributed by atoms with E-state index in [0.717, 1.165) is 44.7 Å². The van der Waals surface area contributed by atoms with Gasteiger partial charge in [0.25, 0.3) is 0 Å². The number of piperazine rings is 1. The molecule has 8 heteroatoms. The number of ether oxygens (including phenoxy) is 2. The van der Waals surface area contributed by atoms with Gasteiger partial charge in [-0.25, -0.2) is 9.59 Å². The third-order valence-electron chi connectivity index (χ3n) is 4.96. The number of hydrogen-bond acceptors (Lipinski definition) is 6. The van der Waals surface area contributed by atoms with E-state index in [1.165, 1.54) is 7.11 Å². The van der Waals surface area contributed by atoms with Crippen LogP contribution in [0.3, 0.4) is 0 Å². The Balaban J connectivity index is 1.41. The van der Waals surface area contributed by atoms with Crippen molar-refractivity contribution in [3.63, 3.8) is 0 Å². The minimum Gasteiger partial charge on any atom is -0.467 e. The highest BCUT2D eigenvalue weighted by molar-refractivity contribution is 5.75. The molecule has 26 heavy (non-hydrogen) atoms. The molecule has 0 spiro atoms. The van der Waals surface area contributed by atoms with Crippen molar-refractivity contribution in [2.75, 3.05) is 57.9 Å². The molecular formula is C18H26N4O4. The first-order valence-corrected chi connectivity index (χ1v) is 9.04. The Morgan fingerprint density at radius 1 is 1.04 bits per heavy atom. The fourth-order valence-electron chi connectivity index (χ4n) is 3.37. The van der Waals surface area contributed by atoms with E-state index in [1.54, 1.807) is 12.4 Å². The van der Waals surface area contributed by atoms with Gasteiger partial charge in [0.1, 0.15) is 6.61 Å². The number of esters is 1. The van der Waals surface area contributed by atoms with Crippen LogP contribution in [0, 0.1) is 0 Å². The lowest BCUT2D eigenvalue weighted by Gasteiger charge is -2.40. The van der Waals surface area contributed by atoms with Crippen molar-refractivity contribution >= 4 is 17.7 Å². The third kappa shape index (κ3) is 4.63. The molecule has 2 amide bonds. The van der Waals surface area contributed by atoms with Crippen LogP contribution in [-0.2, 0) is 14.3 Å². The fraction of sp³-hybridized carbons (Fsp3) is 0.611. The van der Waals surface area contributed by atoms with E-state index >= 15 is 0 Å². The molecule has 3 rings (SSSR count). The fourth-order valence-corrected chi connectivity index (χ4v) is 3.37. The van der Waals surface area contributed by atoms with Crippen LogP contribution in [0.1, 0.15) is 12.8 Å².